The first-order valence-electron chi connectivity index (χ1n) is 9.51. The van der Waals surface area contributed by atoms with Crippen molar-refractivity contribution in [1.29, 1.82) is 0 Å². The minimum atomic E-state index is -0.303. The van der Waals surface area contributed by atoms with Crippen LogP contribution in [0.15, 0.2) is 30.3 Å². The summed E-state index contributed by atoms with van der Waals surface area (Å²) in [6, 6.07) is 5.99. The SMILES string of the molecule is O=C(NCc1nnc2n1CCN(C(=O)/C=C/c1ccc(F)cc1)CC2)C1CC1. The van der Waals surface area contributed by atoms with Crippen LogP contribution in [0, 0.1) is 11.7 Å². The van der Waals surface area contributed by atoms with E-state index in [-0.39, 0.29) is 23.5 Å². The Balaban J connectivity index is 1.35. The van der Waals surface area contributed by atoms with Gasteiger partial charge in [0.1, 0.15) is 11.6 Å². The molecule has 1 aromatic heterocycles. The van der Waals surface area contributed by atoms with Gasteiger partial charge in [-0.25, -0.2) is 4.39 Å². The van der Waals surface area contributed by atoms with E-state index >= 15 is 0 Å². The molecule has 0 saturated heterocycles. The van der Waals surface area contributed by atoms with Crippen LogP contribution < -0.4 is 5.32 Å². The first-order valence-corrected chi connectivity index (χ1v) is 9.51. The highest BCUT2D eigenvalue weighted by molar-refractivity contribution is 5.91. The van der Waals surface area contributed by atoms with Crippen molar-refractivity contribution < 1.29 is 14.0 Å². The maximum Gasteiger partial charge on any atom is 0.246 e. The van der Waals surface area contributed by atoms with Crippen LogP contribution in [0.25, 0.3) is 6.08 Å². The molecule has 8 heteroatoms. The molecule has 1 aliphatic heterocycles. The van der Waals surface area contributed by atoms with E-state index in [9.17, 15) is 14.0 Å². The van der Waals surface area contributed by atoms with Gasteiger partial charge in [-0.3, -0.25) is 9.59 Å². The molecule has 2 aromatic rings. The largest absolute Gasteiger partial charge is 0.349 e. The second-order valence-corrected chi connectivity index (χ2v) is 7.14. The Morgan fingerprint density at radius 2 is 1.93 bits per heavy atom. The molecular weight excluding hydrogens is 361 g/mol. The smallest absolute Gasteiger partial charge is 0.246 e. The molecule has 2 heterocycles. The van der Waals surface area contributed by atoms with E-state index in [2.05, 4.69) is 15.5 Å². The fourth-order valence-electron chi connectivity index (χ4n) is 3.24. The van der Waals surface area contributed by atoms with Gasteiger partial charge in [-0.05, 0) is 36.6 Å². The van der Waals surface area contributed by atoms with Gasteiger partial charge in [0.2, 0.25) is 11.8 Å². The predicted molar refractivity (Wildman–Crippen MR) is 100 cm³/mol. The van der Waals surface area contributed by atoms with Crippen molar-refractivity contribution in [2.24, 2.45) is 5.92 Å². The highest BCUT2D eigenvalue weighted by atomic mass is 19.1. The molecular formula is C20H22FN5O2. The molecule has 146 valence electrons. The van der Waals surface area contributed by atoms with E-state index in [1.54, 1.807) is 23.1 Å². The fraction of sp³-hybridized carbons (Fsp3) is 0.400. The molecule has 1 N–H and O–H groups in total. The average Bonchev–Trinajstić information content (AvgIpc) is 3.51. The molecule has 1 saturated carbocycles. The number of halogens is 1. The van der Waals surface area contributed by atoms with E-state index in [0.29, 0.717) is 32.6 Å². The molecule has 4 rings (SSSR count). The number of fused-ring (bicyclic) bond motifs is 1. The van der Waals surface area contributed by atoms with Crippen molar-refractivity contribution in [1.82, 2.24) is 25.0 Å². The van der Waals surface area contributed by atoms with Gasteiger partial charge in [-0.15, -0.1) is 10.2 Å². The van der Waals surface area contributed by atoms with Crippen LogP contribution in [-0.4, -0.2) is 44.6 Å². The van der Waals surface area contributed by atoms with Crippen LogP contribution in [0.1, 0.15) is 30.1 Å². The molecule has 1 aliphatic carbocycles. The fourth-order valence-corrected chi connectivity index (χ4v) is 3.24. The zero-order chi connectivity index (χ0) is 19.5. The second-order valence-electron chi connectivity index (χ2n) is 7.14. The zero-order valence-electron chi connectivity index (χ0n) is 15.5. The molecule has 0 atom stereocenters. The highest BCUT2D eigenvalue weighted by Crippen LogP contribution is 2.28. The molecule has 2 aliphatic rings. The number of hydrogen-bond donors (Lipinski definition) is 1. The Labute approximate surface area is 162 Å². The molecule has 28 heavy (non-hydrogen) atoms. The molecule has 7 nitrogen and oxygen atoms in total. The van der Waals surface area contributed by atoms with Gasteiger partial charge in [0.05, 0.1) is 6.54 Å². The summed E-state index contributed by atoms with van der Waals surface area (Å²) < 4.78 is 14.9. The first-order chi connectivity index (χ1) is 13.6. The van der Waals surface area contributed by atoms with Gasteiger partial charge >= 0.3 is 0 Å². The number of rotatable bonds is 5. The monoisotopic (exact) mass is 383 g/mol. The van der Waals surface area contributed by atoms with Crippen LogP contribution >= 0.6 is 0 Å². The Hall–Kier alpha value is -3.03. The molecule has 0 unspecified atom stereocenters. The molecule has 0 spiro atoms. The van der Waals surface area contributed by atoms with Crippen molar-refractivity contribution in [2.75, 3.05) is 13.1 Å². The third-order valence-corrected chi connectivity index (χ3v) is 5.07. The van der Waals surface area contributed by atoms with E-state index in [4.69, 9.17) is 0 Å². The van der Waals surface area contributed by atoms with Crippen molar-refractivity contribution in [3.8, 4) is 0 Å². The molecule has 1 aromatic carbocycles. The number of benzene rings is 1. The standard InChI is InChI=1S/C20H22FN5O2/c21-16-6-1-14(2-7-16)3-8-19(27)25-10-9-17-23-24-18(26(17)12-11-25)13-22-20(28)15-4-5-15/h1-3,6-8,15H,4-5,9-13H2,(H,22,28)/b8-3+. The van der Waals surface area contributed by atoms with Crippen LogP contribution in [0.4, 0.5) is 4.39 Å². The Kier molecular flexibility index (Phi) is 5.18. The van der Waals surface area contributed by atoms with Gasteiger partial charge in [0, 0.05) is 38.0 Å². The normalized spacial score (nSPS) is 16.7. The minimum absolute atomic E-state index is 0.0775. The number of carbonyl (C=O) groups is 2. The highest BCUT2D eigenvalue weighted by Gasteiger charge is 2.29. The lowest BCUT2D eigenvalue weighted by Crippen LogP contribution is -2.32. The lowest BCUT2D eigenvalue weighted by atomic mass is 10.2. The number of nitrogens with one attached hydrogen (secondary N) is 1. The lowest BCUT2D eigenvalue weighted by Gasteiger charge is -2.18. The maximum absolute atomic E-state index is 13.0. The first kappa shape index (κ1) is 18.3. The van der Waals surface area contributed by atoms with Crippen molar-refractivity contribution >= 4 is 17.9 Å². The lowest BCUT2D eigenvalue weighted by molar-refractivity contribution is -0.126. The Morgan fingerprint density at radius 3 is 2.68 bits per heavy atom. The number of hydrogen-bond acceptors (Lipinski definition) is 4. The van der Waals surface area contributed by atoms with Crippen molar-refractivity contribution in [3.63, 3.8) is 0 Å². The number of carbonyl (C=O) groups excluding carboxylic acids is 2. The van der Waals surface area contributed by atoms with Gasteiger partial charge in [-0.2, -0.15) is 0 Å². The number of aromatic nitrogens is 3. The summed E-state index contributed by atoms with van der Waals surface area (Å²) in [5.41, 5.74) is 0.774. The average molecular weight is 383 g/mol. The topological polar surface area (TPSA) is 80.1 Å². The van der Waals surface area contributed by atoms with E-state index in [1.165, 1.54) is 18.2 Å². The summed E-state index contributed by atoms with van der Waals surface area (Å²) >= 11 is 0. The Morgan fingerprint density at radius 1 is 1.14 bits per heavy atom. The summed E-state index contributed by atoms with van der Waals surface area (Å²) in [5.74, 6) is 1.39. The predicted octanol–water partition coefficient (Wildman–Crippen LogP) is 1.54. The third kappa shape index (κ3) is 4.27. The van der Waals surface area contributed by atoms with Gasteiger partial charge < -0.3 is 14.8 Å². The van der Waals surface area contributed by atoms with Gasteiger partial charge in [0.25, 0.3) is 0 Å². The Bertz CT molecular complexity index is 902. The molecule has 1 fully saturated rings. The number of amides is 2. The third-order valence-electron chi connectivity index (χ3n) is 5.07. The molecule has 0 bridgehead atoms. The van der Waals surface area contributed by atoms with E-state index in [1.807, 2.05) is 4.57 Å². The van der Waals surface area contributed by atoms with Crippen LogP contribution in [0.5, 0.6) is 0 Å². The molecule has 2 amide bonds. The van der Waals surface area contributed by atoms with Gasteiger partial charge in [-0.1, -0.05) is 12.1 Å². The van der Waals surface area contributed by atoms with Crippen LogP contribution in [0.3, 0.4) is 0 Å². The summed E-state index contributed by atoms with van der Waals surface area (Å²) in [5, 5.41) is 11.3. The second kappa shape index (κ2) is 7.92. The van der Waals surface area contributed by atoms with Gasteiger partial charge in [0.15, 0.2) is 5.82 Å². The van der Waals surface area contributed by atoms with Crippen LogP contribution in [0.2, 0.25) is 0 Å². The maximum atomic E-state index is 13.0. The number of nitrogens with zero attached hydrogens (tertiary/aromatic N) is 4. The van der Waals surface area contributed by atoms with E-state index < -0.39 is 0 Å². The summed E-state index contributed by atoms with van der Waals surface area (Å²) in [6.45, 7) is 2.05. The van der Waals surface area contributed by atoms with Crippen LogP contribution in [-0.2, 0) is 29.1 Å². The molecule has 0 radical (unpaired) electrons. The quantitative estimate of drug-likeness (QED) is 0.795. The zero-order valence-corrected chi connectivity index (χ0v) is 15.5. The summed E-state index contributed by atoms with van der Waals surface area (Å²) in [6.07, 6.45) is 5.74. The summed E-state index contributed by atoms with van der Waals surface area (Å²) in [4.78, 5) is 26.1. The van der Waals surface area contributed by atoms with Crippen molar-refractivity contribution in [2.45, 2.75) is 32.4 Å². The summed E-state index contributed by atoms with van der Waals surface area (Å²) in [7, 11) is 0. The van der Waals surface area contributed by atoms with E-state index in [0.717, 1.165) is 30.1 Å². The minimum Gasteiger partial charge on any atom is -0.349 e. The van der Waals surface area contributed by atoms with Crippen molar-refractivity contribution in [3.05, 3.63) is 53.4 Å².